The molecule has 2 aromatic heterocycles. The number of rotatable bonds is 6. The SMILES string of the molecule is O=C(/C=C/c1ccco1)Oc1ccc(Br)cc1/C=N/NC(=O)c1cncc(Br)c1. The number of pyridine rings is 1. The first-order valence-electron chi connectivity index (χ1n) is 8.18. The summed E-state index contributed by atoms with van der Waals surface area (Å²) in [5.74, 6) is -0.193. The van der Waals surface area contributed by atoms with Crippen LogP contribution in [0.25, 0.3) is 6.08 Å². The van der Waals surface area contributed by atoms with E-state index in [2.05, 4.69) is 47.4 Å². The third kappa shape index (κ3) is 6.23. The van der Waals surface area contributed by atoms with Crippen molar-refractivity contribution in [1.29, 1.82) is 0 Å². The highest BCUT2D eigenvalue weighted by Crippen LogP contribution is 2.22. The molecule has 0 bridgehead atoms. The molecule has 2 heterocycles. The van der Waals surface area contributed by atoms with Gasteiger partial charge in [0.15, 0.2) is 0 Å². The summed E-state index contributed by atoms with van der Waals surface area (Å²) in [6, 6.07) is 10.1. The Labute approximate surface area is 182 Å². The molecule has 0 aliphatic rings. The molecule has 0 saturated carbocycles. The summed E-state index contributed by atoms with van der Waals surface area (Å²) in [6.07, 6.45) is 8.64. The van der Waals surface area contributed by atoms with E-state index in [0.29, 0.717) is 21.4 Å². The van der Waals surface area contributed by atoms with Crippen molar-refractivity contribution in [3.63, 3.8) is 0 Å². The van der Waals surface area contributed by atoms with Crippen LogP contribution in [0.5, 0.6) is 5.75 Å². The molecular formula is C20H13Br2N3O4. The van der Waals surface area contributed by atoms with Crippen LogP contribution < -0.4 is 10.2 Å². The van der Waals surface area contributed by atoms with Crippen molar-refractivity contribution in [2.75, 3.05) is 0 Å². The number of furan rings is 1. The van der Waals surface area contributed by atoms with Crippen molar-refractivity contribution in [3.05, 3.63) is 87.0 Å². The molecule has 0 saturated heterocycles. The van der Waals surface area contributed by atoms with E-state index < -0.39 is 11.9 Å². The predicted octanol–water partition coefficient (Wildman–Crippen LogP) is 4.58. The molecule has 29 heavy (non-hydrogen) atoms. The Balaban J connectivity index is 1.68. The van der Waals surface area contributed by atoms with Crippen molar-refractivity contribution in [2.45, 2.75) is 0 Å². The van der Waals surface area contributed by atoms with Gasteiger partial charge >= 0.3 is 5.97 Å². The molecular weight excluding hydrogens is 506 g/mol. The number of carbonyl (C=O) groups excluding carboxylic acids is 2. The van der Waals surface area contributed by atoms with Crippen LogP contribution >= 0.6 is 31.9 Å². The number of aromatic nitrogens is 1. The molecule has 3 aromatic rings. The second kappa shape index (κ2) is 9.94. The molecule has 0 fully saturated rings. The smallest absolute Gasteiger partial charge is 0.336 e. The van der Waals surface area contributed by atoms with E-state index in [1.165, 1.54) is 30.8 Å². The van der Waals surface area contributed by atoms with E-state index >= 15 is 0 Å². The minimum atomic E-state index is -0.581. The minimum absolute atomic E-state index is 0.282. The second-order valence-electron chi connectivity index (χ2n) is 5.54. The highest BCUT2D eigenvalue weighted by Gasteiger charge is 2.08. The van der Waals surface area contributed by atoms with Gasteiger partial charge in [0.05, 0.1) is 18.0 Å². The number of esters is 1. The maximum atomic E-state index is 12.1. The van der Waals surface area contributed by atoms with Crippen molar-refractivity contribution in [2.24, 2.45) is 5.10 Å². The van der Waals surface area contributed by atoms with Gasteiger partial charge in [-0.05, 0) is 58.4 Å². The molecule has 1 N–H and O–H groups in total. The minimum Gasteiger partial charge on any atom is -0.465 e. The van der Waals surface area contributed by atoms with Gasteiger partial charge in [-0.15, -0.1) is 0 Å². The summed E-state index contributed by atoms with van der Waals surface area (Å²) in [5, 5.41) is 3.93. The summed E-state index contributed by atoms with van der Waals surface area (Å²) < 4.78 is 11.9. The molecule has 7 nitrogen and oxygen atoms in total. The zero-order valence-corrected chi connectivity index (χ0v) is 17.9. The fourth-order valence-corrected chi connectivity index (χ4v) is 2.90. The van der Waals surface area contributed by atoms with Gasteiger partial charge in [0.2, 0.25) is 0 Å². The van der Waals surface area contributed by atoms with E-state index in [0.717, 1.165) is 4.47 Å². The molecule has 0 atom stereocenters. The topological polar surface area (TPSA) is 93.8 Å². The fourth-order valence-electron chi connectivity index (χ4n) is 2.15. The average Bonchev–Trinajstić information content (AvgIpc) is 3.22. The van der Waals surface area contributed by atoms with Crippen molar-refractivity contribution >= 4 is 56.0 Å². The lowest BCUT2D eigenvalue weighted by Crippen LogP contribution is -2.18. The maximum Gasteiger partial charge on any atom is 0.336 e. The molecule has 0 spiro atoms. The molecule has 9 heteroatoms. The van der Waals surface area contributed by atoms with Gasteiger partial charge < -0.3 is 9.15 Å². The van der Waals surface area contributed by atoms with Crippen LogP contribution in [0.15, 0.2) is 79.6 Å². The number of ether oxygens (including phenoxy) is 1. The third-order valence-corrected chi connectivity index (χ3v) is 4.37. The molecule has 0 aliphatic heterocycles. The summed E-state index contributed by atoms with van der Waals surface area (Å²) in [4.78, 5) is 28.1. The normalized spacial score (nSPS) is 11.1. The molecule has 1 amide bonds. The van der Waals surface area contributed by atoms with Crippen LogP contribution in [0.2, 0.25) is 0 Å². The lowest BCUT2D eigenvalue weighted by molar-refractivity contribution is -0.128. The Morgan fingerprint density at radius 3 is 2.76 bits per heavy atom. The number of carbonyl (C=O) groups is 2. The van der Waals surface area contributed by atoms with Crippen molar-refractivity contribution < 1.29 is 18.7 Å². The number of nitrogens with zero attached hydrogens (tertiary/aromatic N) is 2. The molecule has 0 radical (unpaired) electrons. The summed E-state index contributed by atoms with van der Waals surface area (Å²) in [5.41, 5.74) is 3.25. The Hall–Kier alpha value is -3.04. The van der Waals surface area contributed by atoms with Gasteiger partial charge in [-0.3, -0.25) is 9.78 Å². The zero-order valence-electron chi connectivity index (χ0n) is 14.7. The number of hydrogen-bond donors (Lipinski definition) is 1. The monoisotopic (exact) mass is 517 g/mol. The van der Waals surface area contributed by atoms with Crippen LogP contribution in [0, 0.1) is 0 Å². The van der Waals surface area contributed by atoms with Gasteiger partial charge in [0.25, 0.3) is 5.91 Å². The zero-order chi connectivity index (χ0) is 20.6. The van der Waals surface area contributed by atoms with Crippen molar-refractivity contribution in [1.82, 2.24) is 10.4 Å². The van der Waals surface area contributed by atoms with Crippen LogP contribution in [-0.2, 0) is 4.79 Å². The van der Waals surface area contributed by atoms with E-state index in [-0.39, 0.29) is 5.75 Å². The number of amides is 1. The number of nitrogens with one attached hydrogen (secondary N) is 1. The predicted molar refractivity (Wildman–Crippen MR) is 115 cm³/mol. The van der Waals surface area contributed by atoms with Crippen LogP contribution in [0.3, 0.4) is 0 Å². The summed E-state index contributed by atoms with van der Waals surface area (Å²) in [7, 11) is 0. The third-order valence-electron chi connectivity index (χ3n) is 3.45. The molecule has 3 rings (SSSR count). The largest absolute Gasteiger partial charge is 0.465 e. The van der Waals surface area contributed by atoms with Crippen LogP contribution in [0.1, 0.15) is 21.7 Å². The number of hydrazone groups is 1. The Morgan fingerprint density at radius 2 is 2.00 bits per heavy atom. The highest BCUT2D eigenvalue weighted by molar-refractivity contribution is 9.10. The lowest BCUT2D eigenvalue weighted by atomic mass is 10.2. The second-order valence-corrected chi connectivity index (χ2v) is 7.37. The first-order chi connectivity index (χ1) is 14.0. The van der Waals surface area contributed by atoms with Crippen LogP contribution in [-0.4, -0.2) is 23.1 Å². The number of halogens is 2. The molecule has 1 aromatic carbocycles. The summed E-state index contributed by atoms with van der Waals surface area (Å²) >= 11 is 6.61. The number of hydrogen-bond acceptors (Lipinski definition) is 6. The Morgan fingerprint density at radius 1 is 1.14 bits per heavy atom. The first-order valence-corrected chi connectivity index (χ1v) is 9.77. The Kier molecular flexibility index (Phi) is 7.09. The standard InChI is InChI=1S/C20H13Br2N3O4/c21-15-3-5-18(29-19(26)6-4-17-2-1-7-28-17)13(8-15)11-24-25-20(27)14-9-16(22)12-23-10-14/h1-12H,(H,25,27)/b6-4+,24-11+. The van der Waals surface area contributed by atoms with Crippen LogP contribution in [0.4, 0.5) is 0 Å². The van der Waals surface area contributed by atoms with E-state index in [9.17, 15) is 9.59 Å². The maximum absolute atomic E-state index is 12.1. The van der Waals surface area contributed by atoms with E-state index in [4.69, 9.17) is 9.15 Å². The quantitative estimate of drug-likeness (QED) is 0.169. The van der Waals surface area contributed by atoms with Gasteiger partial charge in [0, 0.05) is 33.0 Å². The molecule has 0 unspecified atom stereocenters. The Bertz CT molecular complexity index is 1080. The van der Waals surface area contributed by atoms with Gasteiger partial charge in [-0.2, -0.15) is 5.10 Å². The van der Waals surface area contributed by atoms with E-state index in [1.54, 1.807) is 42.6 Å². The lowest BCUT2D eigenvalue weighted by Gasteiger charge is -2.06. The molecule has 146 valence electrons. The molecule has 0 aliphatic carbocycles. The average molecular weight is 519 g/mol. The number of benzene rings is 1. The first kappa shape index (κ1) is 20.7. The van der Waals surface area contributed by atoms with Gasteiger partial charge in [-0.1, -0.05) is 15.9 Å². The summed E-state index contributed by atoms with van der Waals surface area (Å²) in [6.45, 7) is 0. The highest BCUT2D eigenvalue weighted by atomic mass is 79.9. The van der Waals surface area contributed by atoms with E-state index in [1.807, 2.05) is 0 Å². The van der Waals surface area contributed by atoms with Crippen molar-refractivity contribution in [3.8, 4) is 5.75 Å². The van der Waals surface area contributed by atoms with Gasteiger partial charge in [0.1, 0.15) is 11.5 Å². The fraction of sp³-hybridized carbons (Fsp3) is 0. The van der Waals surface area contributed by atoms with Gasteiger partial charge in [-0.25, -0.2) is 10.2 Å².